The van der Waals surface area contributed by atoms with Gasteiger partial charge in [-0.2, -0.15) is 5.06 Å². The number of carbonyl (C=O) groups excluding carboxylic acids is 2. The highest BCUT2D eigenvalue weighted by Gasteiger charge is 2.43. The molecule has 3 unspecified atom stereocenters. The van der Waals surface area contributed by atoms with Crippen molar-refractivity contribution >= 4 is 12.1 Å². The lowest BCUT2D eigenvalue weighted by molar-refractivity contribution is -0.168. The predicted octanol–water partition coefficient (Wildman–Crippen LogP) is 2.52. The molecular weight excluding hydrogens is 246 g/mol. The smallest absolute Gasteiger partial charge is 0.430 e. The van der Waals surface area contributed by atoms with E-state index < -0.39 is 6.16 Å². The van der Waals surface area contributed by atoms with Crippen molar-refractivity contribution in [1.82, 2.24) is 5.06 Å². The monoisotopic (exact) mass is 267 g/mol. The Morgan fingerprint density at radius 1 is 1.47 bits per heavy atom. The first-order chi connectivity index (χ1) is 8.99. The number of nitrogens with zero attached hydrogens (tertiary/aromatic N) is 1. The maximum atomic E-state index is 12.1. The molecule has 1 aliphatic carbocycles. The van der Waals surface area contributed by atoms with Gasteiger partial charge in [-0.05, 0) is 38.5 Å². The standard InChI is InChI=1S/C14H21NO4/c1-9(2)18-14(17)19-15-8-12(10(3)13(15)16)11-6-4-5-7-11/h4,6,9-12H,5,7-8H2,1-3H3. The fourth-order valence-corrected chi connectivity index (χ4v) is 2.75. The molecule has 3 atom stereocenters. The van der Waals surface area contributed by atoms with Crippen LogP contribution in [-0.4, -0.2) is 29.8 Å². The third kappa shape index (κ3) is 3.08. The second-order valence-electron chi connectivity index (χ2n) is 5.53. The van der Waals surface area contributed by atoms with Crippen LogP contribution in [0.3, 0.4) is 0 Å². The highest BCUT2D eigenvalue weighted by atomic mass is 16.8. The summed E-state index contributed by atoms with van der Waals surface area (Å²) < 4.78 is 4.89. The number of amides is 1. The molecule has 0 saturated carbocycles. The summed E-state index contributed by atoms with van der Waals surface area (Å²) in [5, 5.41) is 1.16. The average molecular weight is 267 g/mol. The van der Waals surface area contributed by atoms with E-state index >= 15 is 0 Å². The molecule has 1 saturated heterocycles. The summed E-state index contributed by atoms with van der Waals surface area (Å²) in [5.41, 5.74) is 0. The van der Waals surface area contributed by atoms with E-state index in [4.69, 9.17) is 9.57 Å². The summed E-state index contributed by atoms with van der Waals surface area (Å²) >= 11 is 0. The molecule has 5 heteroatoms. The molecule has 1 heterocycles. The molecule has 1 fully saturated rings. The SMILES string of the molecule is CC(C)OC(=O)ON1CC(C2C=CCC2)C(C)C1=O. The van der Waals surface area contributed by atoms with Crippen LogP contribution >= 0.6 is 0 Å². The van der Waals surface area contributed by atoms with Crippen LogP contribution in [0.1, 0.15) is 33.6 Å². The van der Waals surface area contributed by atoms with Crippen molar-refractivity contribution in [3.63, 3.8) is 0 Å². The van der Waals surface area contributed by atoms with E-state index in [1.807, 2.05) is 6.92 Å². The fourth-order valence-electron chi connectivity index (χ4n) is 2.75. The van der Waals surface area contributed by atoms with Gasteiger partial charge in [0.25, 0.3) is 5.91 Å². The number of allylic oxidation sites excluding steroid dienone is 2. The van der Waals surface area contributed by atoms with Crippen LogP contribution < -0.4 is 0 Å². The van der Waals surface area contributed by atoms with Gasteiger partial charge in [0.2, 0.25) is 0 Å². The Bertz CT molecular complexity index is 391. The van der Waals surface area contributed by atoms with E-state index in [1.165, 1.54) is 0 Å². The Labute approximate surface area is 113 Å². The van der Waals surface area contributed by atoms with Crippen molar-refractivity contribution in [2.75, 3.05) is 6.54 Å². The minimum absolute atomic E-state index is 0.111. The Balaban J connectivity index is 1.94. The average Bonchev–Trinajstić information content (AvgIpc) is 2.92. The summed E-state index contributed by atoms with van der Waals surface area (Å²) in [6, 6.07) is 0. The Morgan fingerprint density at radius 2 is 2.21 bits per heavy atom. The van der Waals surface area contributed by atoms with Gasteiger partial charge < -0.3 is 9.57 Å². The zero-order valence-electron chi connectivity index (χ0n) is 11.7. The lowest BCUT2D eigenvalue weighted by Gasteiger charge is -2.19. The van der Waals surface area contributed by atoms with Crippen molar-refractivity contribution < 1.29 is 19.2 Å². The lowest BCUT2D eigenvalue weighted by atomic mass is 9.84. The van der Waals surface area contributed by atoms with E-state index in [1.54, 1.807) is 13.8 Å². The molecule has 0 aromatic rings. The molecule has 2 rings (SSSR count). The van der Waals surface area contributed by atoms with Crippen LogP contribution in [0, 0.1) is 17.8 Å². The van der Waals surface area contributed by atoms with Gasteiger partial charge in [-0.3, -0.25) is 4.79 Å². The summed E-state index contributed by atoms with van der Waals surface area (Å²) in [6.45, 7) is 5.84. The molecule has 5 nitrogen and oxygen atoms in total. The van der Waals surface area contributed by atoms with Crippen molar-refractivity contribution in [2.45, 2.75) is 39.7 Å². The van der Waals surface area contributed by atoms with Gasteiger partial charge >= 0.3 is 6.16 Å². The highest BCUT2D eigenvalue weighted by Crippen LogP contribution is 2.36. The number of rotatable bonds is 3. The minimum atomic E-state index is -0.807. The Kier molecular flexibility index (Phi) is 4.12. The van der Waals surface area contributed by atoms with Crippen LogP contribution in [0.15, 0.2) is 12.2 Å². The molecule has 0 bridgehead atoms. The first kappa shape index (κ1) is 13.9. The van der Waals surface area contributed by atoms with E-state index in [-0.39, 0.29) is 23.8 Å². The molecule has 1 amide bonds. The molecule has 0 spiro atoms. The van der Waals surface area contributed by atoms with Crippen molar-refractivity contribution in [2.24, 2.45) is 17.8 Å². The van der Waals surface area contributed by atoms with Crippen LogP contribution in [0.2, 0.25) is 0 Å². The van der Waals surface area contributed by atoms with Crippen LogP contribution in [-0.2, 0) is 14.4 Å². The molecule has 19 heavy (non-hydrogen) atoms. The van der Waals surface area contributed by atoms with E-state index in [9.17, 15) is 9.59 Å². The van der Waals surface area contributed by atoms with E-state index in [2.05, 4.69) is 12.2 Å². The quantitative estimate of drug-likeness (QED) is 0.582. The highest BCUT2D eigenvalue weighted by molar-refractivity contribution is 5.81. The molecule has 0 aromatic carbocycles. The Hall–Kier alpha value is -1.52. The predicted molar refractivity (Wildman–Crippen MR) is 68.9 cm³/mol. The van der Waals surface area contributed by atoms with Gasteiger partial charge in [0, 0.05) is 5.92 Å². The maximum absolute atomic E-state index is 12.1. The van der Waals surface area contributed by atoms with Gasteiger partial charge in [0.1, 0.15) is 0 Å². The van der Waals surface area contributed by atoms with Gasteiger partial charge in [-0.1, -0.05) is 19.1 Å². The normalized spacial score (nSPS) is 30.2. The van der Waals surface area contributed by atoms with Crippen molar-refractivity contribution in [3.8, 4) is 0 Å². The van der Waals surface area contributed by atoms with Crippen molar-refractivity contribution in [3.05, 3.63) is 12.2 Å². The summed E-state index contributed by atoms with van der Waals surface area (Å²) in [7, 11) is 0. The number of hydrogen-bond acceptors (Lipinski definition) is 4. The molecule has 0 N–H and O–H groups in total. The minimum Gasteiger partial charge on any atom is -0.430 e. The summed E-state index contributed by atoms with van der Waals surface area (Å²) in [6.07, 6.45) is 5.41. The largest absolute Gasteiger partial charge is 0.533 e. The topological polar surface area (TPSA) is 55.8 Å². The molecule has 0 radical (unpaired) electrons. The lowest BCUT2D eigenvalue weighted by Crippen LogP contribution is -2.31. The molecule has 0 aromatic heterocycles. The first-order valence-electron chi connectivity index (χ1n) is 6.85. The van der Waals surface area contributed by atoms with Gasteiger partial charge in [-0.15, -0.1) is 0 Å². The van der Waals surface area contributed by atoms with E-state index in [0.717, 1.165) is 17.9 Å². The first-order valence-corrected chi connectivity index (χ1v) is 6.85. The maximum Gasteiger partial charge on any atom is 0.533 e. The number of hydrogen-bond donors (Lipinski definition) is 0. The zero-order valence-corrected chi connectivity index (χ0v) is 11.7. The van der Waals surface area contributed by atoms with Crippen LogP contribution in [0.5, 0.6) is 0 Å². The molecular formula is C14H21NO4. The third-order valence-electron chi connectivity index (χ3n) is 3.77. The summed E-state index contributed by atoms with van der Waals surface area (Å²) in [5.74, 6) is 0.386. The summed E-state index contributed by atoms with van der Waals surface area (Å²) in [4.78, 5) is 28.5. The van der Waals surface area contributed by atoms with Crippen LogP contribution in [0.25, 0.3) is 0 Å². The zero-order chi connectivity index (χ0) is 14.0. The number of carbonyl (C=O) groups is 2. The second kappa shape index (κ2) is 5.63. The van der Waals surface area contributed by atoms with E-state index in [0.29, 0.717) is 12.5 Å². The molecule has 2 aliphatic rings. The second-order valence-corrected chi connectivity index (χ2v) is 5.53. The van der Waals surface area contributed by atoms with Crippen molar-refractivity contribution in [1.29, 1.82) is 0 Å². The molecule has 106 valence electrons. The van der Waals surface area contributed by atoms with Gasteiger partial charge in [-0.25, -0.2) is 4.79 Å². The molecule has 1 aliphatic heterocycles. The van der Waals surface area contributed by atoms with Gasteiger partial charge in [0.05, 0.1) is 12.6 Å². The third-order valence-corrected chi connectivity index (χ3v) is 3.77. The Morgan fingerprint density at radius 3 is 2.79 bits per heavy atom. The number of hydroxylamine groups is 2. The van der Waals surface area contributed by atoms with Gasteiger partial charge in [0.15, 0.2) is 0 Å². The number of ether oxygens (including phenoxy) is 1. The van der Waals surface area contributed by atoms with Crippen LogP contribution in [0.4, 0.5) is 4.79 Å². The fraction of sp³-hybridized carbons (Fsp3) is 0.714.